The van der Waals surface area contributed by atoms with Gasteiger partial charge >= 0.3 is 5.97 Å². The molecule has 2 rings (SSSR count). The molecule has 0 saturated carbocycles. The van der Waals surface area contributed by atoms with Crippen molar-refractivity contribution in [3.8, 4) is 11.4 Å². The Kier molecular flexibility index (Phi) is 5.58. The molecule has 4 nitrogen and oxygen atoms in total. The van der Waals surface area contributed by atoms with Gasteiger partial charge in [0.25, 0.3) is 0 Å². The summed E-state index contributed by atoms with van der Waals surface area (Å²) in [5.74, 6) is 0.256. The molecule has 0 saturated heterocycles. The second-order valence-electron chi connectivity index (χ2n) is 4.66. The Morgan fingerprint density at radius 1 is 1.20 bits per heavy atom. The fraction of sp³-hybridized carbons (Fsp3) is 0.333. The van der Waals surface area contributed by atoms with E-state index in [1.54, 1.807) is 0 Å². The number of rotatable bonds is 7. The average Bonchev–Trinajstić information content (AvgIpc) is 2.87. The number of imidazole rings is 1. The molecule has 0 amide bonds. The van der Waals surface area contributed by atoms with Crippen molar-refractivity contribution in [2.24, 2.45) is 0 Å². The van der Waals surface area contributed by atoms with E-state index >= 15 is 0 Å². The van der Waals surface area contributed by atoms with Crippen LogP contribution in [0.25, 0.3) is 11.4 Å². The smallest absolute Gasteiger partial charge is 0.303 e. The molecule has 0 atom stereocenters. The number of aryl methyl sites for hydroxylation is 1. The summed E-state index contributed by atoms with van der Waals surface area (Å²) >= 11 is 2.28. The molecule has 0 aliphatic heterocycles. The fourth-order valence-corrected chi connectivity index (χ4v) is 2.44. The van der Waals surface area contributed by atoms with Crippen LogP contribution in [0.1, 0.15) is 25.7 Å². The van der Waals surface area contributed by atoms with Gasteiger partial charge in [0.15, 0.2) is 0 Å². The number of unbranched alkanes of at least 4 members (excludes halogenated alkanes) is 2. The van der Waals surface area contributed by atoms with Crippen molar-refractivity contribution in [2.45, 2.75) is 32.2 Å². The largest absolute Gasteiger partial charge is 0.481 e. The number of carbonyl (C=O) groups is 1. The van der Waals surface area contributed by atoms with E-state index in [1.807, 2.05) is 12.4 Å². The number of nitrogens with zero attached hydrogens (tertiary/aromatic N) is 2. The van der Waals surface area contributed by atoms with Crippen molar-refractivity contribution >= 4 is 28.6 Å². The number of aliphatic carboxylic acids is 1. The fourth-order valence-electron chi connectivity index (χ4n) is 2.08. The Morgan fingerprint density at radius 3 is 2.65 bits per heavy atom. The van der Waals surface area contributed by atoms with E-state index in [4.69, 9.17) is 5.11 Å². The lowest BCUT2D eigenvalue weighted by Gasteiger charge is -2.07. The molecule has 0 bridgehead atoms. The molecule has 0 unspecified atom stereocenters. The Bertz CT molecular complexity index is 564. The van der Waals surface area contributed by atoms with Gasteiger partial charge in [-0.2, -0.15) is 0 Å². The van der Waals surface area contributed by atoms with Gasteiger partial charge in [0.1, 0.15) is 5.82 Å². The SMILES string of the molecule is O=C(O)CCCCCn1ccnc1-c1ccc(I)cc1. The first-order valence-corrected chi connectivity index (χ1v) is 7.73. The van der Waals surface area contributed by atoms with Crippen LogP contribution < -0.4 is 0 Å². The van der Waals surface area contributed by atoms with Gasteiger partial charge in [-0.3, -0.25) is 4.79 Å². The van der Waals surface area contributed by atoms with Crippen molar-refractivity contribution in [1.29, 1.82) is 0 Å². The molecule has 0 aliphatic carbocycles. The highest BCUT2D eigenvalue weighted by Gasteiger charge is 2.05. The minimum atomic E-state index is -0.716. The van der Waals surface area contributed by atoms with Crippen LogP contribution in [0.15, 0.2) is 36.7 Å². The molecule has 20 heavy (non-hydrogen) atoms. The molecule has 0 aliphatic rings. The number of hydrogen-bond donors (Lipinski definition) is 1. The third-order valence-corrected chi connectivity index (χ3v) is 3.83. The number of hydrogen-bond acceptors (Lipinski definition) is 2. The second-order valence-corrected chi connectivity index (χ2v) is 5.90. The number of benzene rings is 1. The van der Waals surface area contributed by atoms with Gasteiger partial charge in [-0.05, 0) is 47.6 Å². The Hall–Kier alpha value is -1.37. The van der Waals surface area contributed by atoms with E-state index in [0.29, 0.717) is 0 Å². The van der Waals surface area contributed by atoms with E-state index in [2.05, 4.69) is 56.4 Å². The average molecular weight is 384 g/mol. The Balaban J connectivity index is 1.92. The molecule has 1 N–H and O–H groups in total. The van der Waals surface area contributed by atoms with Gasteiger partial charge in [-0.15, -0.1) is 0 Å². The monoisotopic (exact) mass is 384 g/mol. The highest BCUT2D eigenvalue weighted by molar-refractivity contribution is 14.1. The van der Waals surface area contributed by atoms with Crippen LogP contribution in [0, 0.1) is 3.57 Å². The predicted molar refractivity (Wildman–Crippen MR) is 86.5 cm³/mol. The Labute approximate surface area is 132 Å². The highest BCUT2D eigenvalue weighted by atomic mass is 127. The summed E-state index contributed by atoms with van der Waals surface area (Å²) in [4.78, 5) is 14.9. The lowest BCUT2D eigenvalue weighted by Crippen LogP contribution is -2.00. The first-order chi connectivity index (χ1) is 9.66. The van der Waals surface area contributed by atoms with Gasteiger partial charge in [0.2, 0.25) is 0 Å². The summed E-state index contributed by atoms with van der Waals surface area (Å²) < 4.78 is 3.33. The molecule has 2 aromatic rings. The third kappa shape index (κ3) is 4.33. The summed E-state index contributed by atoms with van der Waals surface area (Å²) in [7, 11) is 0. The number of carboxylic acids is 1. The molecular weight excluding hydrogens is 367 g/mol. The molecular formula is C15H17IN2O2. The first-order valence-electron chi connectivity index (χ1n) is 6.65. The van der Waals surface area contributed by atoms with Crippen LogP contribution in [0.4, 0.5) is 0 Å². The third-order valence-electron chi connectivity index (χ3n) is 3.11. The zero-order valence-corrected chi connectivity index (χ0v) is 13.3. The molecule has 106 valence electrons. The van der Waals surface area contributed by atoms with Gasteiger partial charge in [0.05, 0.1) is 0 Å². The maximum atomic E-state index is 10.4. The molecule has 0 spiro atoms. The van der Waals surface area contributed by atoms with Crippen LogP contribution in [-0.4, -0.2) is 20.6 Å². The highest BCUT2D eigenvalue weighted by Crippen LogP contribution is 2.19. The van der Waals surface area contributed by atoms with Crippen LogP contribution in [0.2, 0.25) is 0 Å². The lowest BCUT2D eigenvalue weighted by molar-refractivity contribution is -0.137. The number of halogens is 1. The maximum Gasteiger partial charge on any atom is 0.303 e. The van der Waals surface area contributed by atoms with Gasteiger partial charge < -0.3 is 9.67 Å². The maximum absolute atomic E-state index is 10.4. The standard InChI is InChI=1S/C15H17IN2O2/c16-13-7-5-12(6-8-13)15-17-9-11-18(15)10-3-1-2-4-14(19)20/h5-9,11H,1-4,10H2,(H,19,20). The Morgan fingerprint density at radius 2 is 1.95 bits per heavy atom. The quantitative estimate of drug-likeness (QED) is 0.584. The molecule has 5 heteroatoms. The summed E-state index contributed by atoms with van der Waals surface area (Å²) in [6, 6.07) is 8.29. The van der Waals surface area contributed by atoms with Gasteiger partial charge in [-0.1, -0.05) is 18.6 Å². The zero-order chi connectivity index (χ0) is 14.4. The van der Waals surface area contributed by atoms with E-state index in [1.165, 1.54) is 3.57 Å². The van der Waals surface area contributed by atoms with Gasteiger partial charge in [0, 0.05) is 34.5 Å². The summed E-state index contributed by atoms with van der Waals surface area (Å²) in [5, 5.41) is 8.60. The van der Waals surface area contributed by atoms with E-state index in [0.717, 1.165) is 37.2 Å². The van der Waals surface area contributed by atoms with Crippen LogP contribution >= 0.6 is 22.6 Å². The van der Waals surface area contributed by atoms with Crippen molar-refractivity contribution in [3.05, 3.63) is 40.2 Å². The molecule has 1 heterocycles. The van der Waals surface area contributed by atoms with Crippen LogP contribution in [0.3, 0.4) is 0 Å². The number of aromatic nitrogens is 2. The summed E-state index contributed by atoms with van der Waals surface area (Å²) in [6.45, 7) is 0.876. The lowest BCUT2D eigenvalue weighted by atomic mass is 10.2. The van der Waals surface area contributed by atoms with Crippen LogP contribution in [-0.2, 0) is 11.3 Å². The minimum Gasteiger partial charge on any atom is -0.481 e. The summed E-state index contributed by atoms with van der Waals surface area (Å²) in [6.07, 6.45) is 6.68. The van der Waals surface area contributed by atoms with E-state index in [9.17, 15) is 4.79 Å². The molecule has 0 fully saturated rings. The van der Waals surface area contributed by atoms with E-state index < -0.39 is 5.97 Å². The second kappa shape index (κ2) is 7.42. The van der Waals surface area contributed by atoms with Gasteiger partial charge in [-0.25, -0.2) is 4.98 Å². The van der Waals surface area contributed by atoms with Crippen LogP contribution in [0.5, 0.6) is 0 Å². The van der Waals surface area contributed by atoms with E-state index in [-0.39, 0.29) is 6.42 Å². The molecule has 1 aromatic carbocycles. The first kappa shape index (κ1) is 15.0. The molecule has 0 radical (unpaired) electrons. The van der Waals surface area contributed by atoms with Crippen molar-refractivity contribution in [2.75, 3.05) is 0 Å². The van der Waals surface area contributed by atoms with Crippen molar-refractivity contribution in [3.63, 3.8) is 0 Å². The predicted octanol–water partition coefficient (Wildman–Crippen LogP) is 3.80. The normalized spacial score (nSPS) is 10.7. The summed E-state index contributed by atoms with van der Waals surface area (Å²) in [5.41, 5.74) is 1.11. The molecule has 1 aromatic heterocycles. The minimum absolute atomic E-state index is 0.258. The van der Waals surface area contributed by atoms with Crippen molar-refractivity contribution < 1.29 is 9.90 Å². The zero-order valence-electron chi connectivity index (χ0n) is 11.1. The number of carboxylic acid groups (broad SMARTS) is 1. The topological polar surface area (TPSA) is 55.1 Å². The van der Waals surface area contributed by atoms with Crippen molar-refractivity contribution in [1.82, 2.24) is 9.55 Å².